The average Bonchev–Trinajstić information content (AvgIpc) is 3.42. The van der Waals surface area contributed by atoms with E-state index in [-0.39, 0.29) is 37.4 Å². The molecule has 0 aliphatic carbocycles. The Morgan fingerprint density at radius 3 is 2.28 bits per heavy atom. The van der Waals surface area contributed by atoms with Gasteiger partial charge in [0.15, 0.2) is 17.7 Å². The molecule has 13 atom stereocenters. The number of halogens is 1. The van der Waals surface area contributed by atoms with Gasteiger partial charge in [0.05, 0.1) is 23.9 Å². The maximum absolute atomic E-state index is 14.3. The number of cyclic esters (lactones) is 1. The van der Waals surface area contributed by atoms with E-state index in [4.69, 9.17) is 23.7 Å². The van der Waals surface area contributed by atoms with Crippen LogP contribution in [0.15, 0.2) is 28.7 Å². The van der Waals surface area contributed by atoms with Crippen molar-refractivity contribution in [3.63, 3.8) is 0 Å². The smallest absolute Gasteiger partial charge is 0.408 e. The van der Waals surface area contributed by atoms with Gasteiger partial charge < -0.3 is 39.0 Å². The molecule has 3 aliphatic rings. The lowest BCUT2D eigenvalue weighted by atomic mass is 9.73. The number of carbonyl (C=O) groups is 4. The fourth-order valence-electron chi connectivity index (χ4n) is 8.15. The summed E-state index contributed by atoms with van der Waals surface area (Å²) in [6.45, 7) is 13.7. The second-order valence-electron chi connectivity index (χ2n) is 15.6. The Morgan fingerprint density at radius 1 is 1.00 bits per heavy atom. The third-order valence-corrected chi connectivity index (χ3v) is 11.8. The van der Waals surface area contributed by atoms with E-state index in [1.807, 2.05) is 50.2 Å². The number of hydrogen-bond acceptors (Lipinski definition) is 11. The lowest BCUT2D eigenvalue weighted by molar-refractivity contribution is -0.296. The molecule has 3 aliphatic heterocycles. The van der Waals surface area contributed by atoms with E-state index in [0.717, 1.165) is 10.0 Å². The Balaban J connectivity index is 1.78. The number of rotatable bonds is 7. The quantitative estimate of drug-likeness (QED) is 0.221. The molecule has 12 nitrogen and oxygen atoms in total. The standard InChI is InChI=1S/C40H57BrN2O10/c1-11-30-40(8)34(42-38(48)53-40)24(4)31(44)22(2)21-39(7,49-19-13-12-14-27-15-17-28(41)18-16-27)35(25(5)32(45)26(6)36(47)51-30)52-37-33(46)29(43(9)10)20-23(3)50-37/h15-18,22-26,29-30,33-35,37,46H,11,14,19-21H2,1-10H3,(H,42,48)/t22-,23-,24+,25+,26-,29+,30-,33-,34-,35-,37+,39-,40-/m1/s1. The average molecular weight is 806 g/mol. The minimum Gasteiger partial charge on any atom is -0.458 e. The molecule has 3 fully saturated rings. The summed E-state index contributed by atoms with van der Waals surface area (Å²) in [5, 5.41) is 14.3. The number of nitrogens with zero attached hydrogens (tertiary/aromatic N) is 1. The molecule has 2 N–H and O–H groups in total. The number of aliphatic hydroxyl groups is 1. The minimum atomic E-state index is -1.38. The van der Waals surface area contributed by atoms with Gasteiger partial charge in [-0.3, -0.25) is 14.4 Å². The highest BCUT2D eigenvalue weighted by Gasteiger charge is 2.57. The van der Waals surface area contributed by atoms with E-state index < -0.39 is 83.4 Å². The molecule has 0 aromatic heterocycles. The SMILES string of the molecule is CC[C@H]1OC(=O)[C@H](C)C(=O)[C@H](C)[C@@H](O[C@@H]2O[C@H](C)C[C@H](N(C)C)[C@H]2O)[C@](C)(OCC#CCc2ccc(Br)cc2)C[C@@H](C)C(=O)[C@H](C)[C@H]2NC(=O)O[C@@]21C. The van der Waals surface area contributed by atoms with E-state index >= 15 is 0 Å². The highest BCUT2D eigenvalue weighted by Crippen LogP contribution is 2.40. The number of Topliss-reactive ketones (excluding diaryl/α,β-unsaturated/α-hetero) is 2. The fraction of sp³-hybridized carbons (Fsp3) is 0.700. The van der Waals surface area contributed by atoms with Crippen LogP contribution < -0.4 is 5.32 Å². The second-order valence-corrected chi connectivity index (χ2v) is 16.5. The van der Waals surface area contributed by atoms with Crippen LogP contribution in [0.2, 0.25) is 0 Å². The maximum Gasteiger partial charge on any atom is 0.408 e. The number of esters is 1. The van der Waals surface area contributed by atoms with Gasteiger partial charge in [-0.15, -0.1) is 0 Å². The highest BCUT2D eigenvalue weighted by molar-refractivity contribution is 9.10. The summed E-state index contributed by atoms with van der Waals surface area (Å²) < 4.78 is 32.1. The molecule has 0 bridgehead atoms. The van der Waals surface area contributed by atoms with E-state index in [9.17, 15) is 24.3 Å². The molecule has 1 amide bonds. The molecular formula is C40H57BrN2O10. The monoisotopic (exact) mass is 804 g/mol. The van der Waals surface area contributed by atoms with Crippen molar-refractivity contribution < 1.29 is 48.0 Å². The van der Waals surface area contributed by atoms with Gasteiger partial charge in [0, 0.05) is 34.7 Å². The van der Waals surface area contributed by atoms with Crippen LogP contribution in [0.1, 0.15) is 80.2 Å². The molecule has 0 spiro atoms. The fourth-order valence-corrected chi connectivity index (χ4v) is 8.41. The maximum atomic E-state index is 14.3. The Labute approximate surface area is 322 Å². The Morgan fingerprint density at radius 2 is 1.66 bits per heavy atom. The number of carbonyl (C=O) groups excluding carboxylic acids is 4. The number of alkyl carbamates (subject to hydrolysis) is 1. The van der Waals surface area contributed by atoms with Crippen molar-refractivity contribution in [3.05, 3.63) is 34.3 Å². The van der Waals surface area contributed by atoms with Crippen molar-refractivity contribution in [1.29, 1.82) is 0 Å². The van der Waals surface area contributed by atoms with Crippen LogP contribution in [0.4, 0.5) is 4.79 Å². The Bertz CT molecular complexity index is 1540. The number of benzene rings is 1. The summed E-state index contributed by atoms with van der Waals surface area (Å²) >= 11 is 3.45. The van der Waals surface area contributed by atoms with Gasteiger partial charge in [-0.1, -0.05) is 67.6 Å². The lowest BCUT2D eigenvalue weighted by Gasteiger charge is -2.47. The van der Waals surface area contributed by atoms with E-state index in [2.05, 4.69) is 33.1 Å². The third-order valence-electron chi connectivity index (χ3n) is 11.3. The Kier molecular flexibility index (Phi) is 14.3. The molecule has 0 radical (unpaired) electrons. The molecule has 53 heavy (non-hydrogen) atoms. The van der Waals surface area contributed by atoms with E-state index in [0.29, 0.717) is 12.8 Å². The molecule has 4 rings (SSSR count). The molecule has 0 unspecified atom stereocenters. The van der Waals surface area contributed by atoms with Crippen LogP contribution in [0.3, 0.4) is 0 Å². The number of likely N-dealkylation sites (N-methyl/N-ethyl adjacent to an activating group) is 1. The van der Waals surface area contributed by atoms with Crippen LogP contribution >= 0.6 is 15.9 Å². The first kappa shape index (κ1) is 42.9. The lowest BCUT2D eigenvalue weighted by Crippen LogP contribution is -2.60. The predicted octanol–water partition coefficient (Wildman–Crippen LogP) is 4.86. The molecule has 0 saturated carbocycles. The normalized spacial score (nSPS) is 38.5. The molecule has 1 aromatic rings. The first-order valence-electron chi connectivity index (χ1n) is 18.6. The first-order valence-corrected chi connectivity index (χ1v) is 19.4. The molecule has 3 heterocycles. The summed E-state index contributed by atoms with van der Waals surface area (Å²) in [5.41, 5.74) is -1.72. The molecular weight excluding hydrogens is 748 g/mol. The van der Waals surface area contributed by atoms with Crippen LogP contribution in [0.25, 0.3) is 0 Å². The van der Waals surface area contributed by atoms with Gasteiger partial charge in [-0.25, -0.2) is 4.79 Å². The van der Waals surface area contributed by atoms with Crippen molar-refractivity contribution >= 4 is 39.6 Å². The van der Waals surface area contributed by atoms with Gasteiger partial charge >= 0.3 is 12.1 Å². The van der Waals surface area contributed by atoms with Crippen molar-refractivity contribution in [2.75, 3.05) is 20.7 Å². The van der Waals surface area contributed by atoms with Crippen LogP contribution in [-0.4, -0.2) is 108 Å². The van der Waals surface area contributed by atoms with Crippen LogP contribution in [-0.2, 0) is 44.5 Å². The zero-order chi connectivity index (χ0) is 39.4. The van der Waals surface area contributed by atoms with E-state index in [1.54, 1.807) is 41.5 Å². The number of ether oxygens (including phenoxy) is 5. The number of nitrogens with one attached hydrogen (secondary N) is 1. The summed E-state index contributed by atoms with van der Waals surface area (Å²) in [6, 6.07) is 6.70. The summed E-state index contributed by atoms with van der Waals surface area (Å²) in [4.78, 5) is 57.0. The Hall–Kier alpha value is -2.86. The molecule has 294 valence electrons. The van der Waals surface area contributed by atoms with Crippen molar-refractivity contribution in [3.8, 4) is 11.8 Å². The van der Waals surface area contributed by atoms with Gasteiger partial charge in [-0.05, 0) is 78.7 Å². The van der Waals surface area contributed by atoms with Crippen molar-refractivity contribution in [2.45, 2.75) is 135 Å². The van der Waals surface area contributed by atoms with Gasteiger partial charge in [-0.2, -0.15) is 0 Å². The summed E-state index contributed by atoms with van der Waals surface area (Å²) in [6.07, 6.45) is -3.90. The number of aliphatic hydroxyl groups excluding tert-OH is 1. The number of amides is 1. The van der Waals surface area contributed by atoms with Gasteiger partial charge in [0.25, 0.3) is 0 Å². The predicted molar refractivity (Wildman–Crippen MR) is 201 cm³/mol. The molecule has 13 heteroatoms. The summed E-state index contributed by atoms with van der Waals surface area (Å²) in [7, 11) is 3.73. The first-order chi connectivity index (χ1) is 24.8. The minimum absolute atomic E-state index is 0.0601. The topological polar surface area (TPSA) is 150 Å². The van der Waals surface area contributed by atoms with Gasteiger partial charge in [0.2, 0.25) is 0 Å². The third kappa shape index (κ3) is 9.69. The number of ketones is 2. The second kappa shape index (κ2) is 17.7. The number of fused-ring (bicyclic) bond motifs is 1. The number of hydrogen-bond donors (Lipinski definition) is 2. The van der Waals surface area contributed by atoms with Crippen LogP contribution in [0.5, 0.6) is 0 Å². The van der Waals surface area contributed by atoms with Crippen LogP contribution in [0, 0.1) is 35.5 Å². The molecule has 3 saturated heterocycles. The zero-order valence-electron chi connectivity index (χ0n) is 32.6. The highest BCUT2D eigenvalue weighted by atomic mass is 79.9. The largest absolute Gasteiger partial charge is 0.458 e. The van der Waals surface area contributed by atoms with Crippen molar-refractivity contribution in [2.24, 2.45) is 23.7 Å². The summed E-state index contributed by atoms with van der Waals surface area (Å²) in [5.74, 6) is 1.09. The zero-order valence-corrected chi connectivity index (χ0v) is 34.2. The van der Waals surface area contributed by atoms with Gasteiger partial charge in [0.1, 0.15) is 30.5 Å². The molecule has 1 aromatic carbocycles. The van der Waals surface area contributed by atoms with Crippen molar-refractivity contribution in [1.82, 2.24) is 10.2 Å². The van der Waals surface area contributed by atoms with E-state index in [1.165, 1.54) is 6.92 Å².